The minimum absolute atomic E-state index is 0. The average molecular weight is 168 g/mol. The molecule has 0 bridgehead atoms. The monoisotopic (exact) mass is 168 g/mol. The SMILES string of the molecule is O=c1[nH]c(=O)[nH]c(=O)[nH]1.[K+]. The predicted molar refractivity (Wildman–Crippen MR) is 28.3 cm³/mol. The van der Waals surface area contributed by atoms with Gasteiger partial charge in [-0.3, -0.25) is 15.0 Å². The van der Waals surface area contributed by atoms with Gasteiger partial charge in [0.15, 0.2) is 0 Å². The molecule has 0 saturated heterocycles. The third kappa shape index (κ3) is 2.75. The number of rotatable bonds is 0. The number of aromatic amines is 3. The number of H-pyrrole nitrogens is 3. The molecule has 1 aromatic heterocycles. The van der Waals surface area contributed by atoms with Gasteiger partial charge in [-0.1, -0.05) is 0 Å². The second-order valence-electron chi connectivity index (χ2n) is 1.36. The van der Waals surface area contributed by atoms with Crippen LogP contribution in [0, 0.1) is 0 Å². The molecule has 6 nitrogen and oxygen atoms in total. The van der Waals surface area contributed by atoms with E-state index in [9.17, 15) is 14.4 Å². The second kappa shape index (κ2) is 4.04. The van der Waals surface area contributed by atoms with Gasteiger partial charge in [-0.25, -0.2) is 14.4 Å². The number of hydrogen-bond acceptors (Lipinski definition) is 3. The molecule has 1 rings (SSSR count). The van der Waals surface area contributed by atoms with E-state index in [-0.39, 0.29) is 51.4 Å². The topological polar surface area (TPSA) is 98.6 Å². The molecule has 0 aliphatic rings. The van der Waals surface area contributed by atoms with Crippen LogP contribution in [0.15, 0.2) is 14.4 Å². The molecule has 0 aliphatic heterocycles. The molecule has 3 N–H and O–H groups in total. The maximum Gasteiger partial charge on any atom is 1.00 e. The Bertz CT molecular complexity index is 281. The standard InChI is InChI=1S/C3H3N3O3.K/c7-1-4-2(8)6-3(9)5-1;/h(H3,4,5,6,7,8,9);/q;+1. The van der Waals surface area contributed by atoms with Crippen LogP contribution in [0.1, 0.15) is 0 Å². The summed E-state index contributed by atoms with van der Waals surface area (Å²) in [6.45, 7) is 0. The van der Waals surface area contributed by atoms with E-state index in [1.807, 2.05) is 0 Å². The van der Waals surface area contributed by atoms with E-state index < -0.39 is 17.1 Å². The number of hydrogen-bond donors (Lipinski definition) is 3. The van der Waals surface area contributed by atoms with Crippen LogP contribution in [-0.2, 0) is 0 Å². The van der Waals surface area contributed by atoms with Crippen molar-refractivity contribution in [2.24, 2.45) is 0 Å². The quantitative estimate of drug-likeness (QED) is 0.337. The molecule has 0 aromatic carbocycles. The van der Waals surface area contributed by atoms with E-state index in [1.165, 1.54) is 0 Å². The van der Waals surface area contributed by atoms with Crippen molar-refractivity contribution in [1.82, 2.24) is 15.0 Å². The van der Waals surface area contributed by atoms with Gasteiger partial charge in [0.2, 0.25) is 0 Å². The summed E-state index contributed by atoms with van der Waals surface area (Å²) >= 11 is 0. The van der Waals surface area contributed by atoms with E-state index >= 15 is 0 Å². The molecule has 1 heterocycles. The van der Waals surface area contributed by atoms with Crippen molar-refractivity contribution in [3.05, 3.63) is 31.5 Å². The Labute approximate surface area is 96.5 Å². The molecule has 0 spiro atoms. The molecular formula is C3H3KN3O3+. The van der Waals surface area contributed by atoms with E-state index in [2.05, 4.69) is 0 Å². The van der Waals surface area contributed by atoms with Crippen LogP contribution in [0.4, 0.5) is 0 Å². The minimum Gasteiger partial charge on any atom is -0.259 e. The fourth-order valence-corrected chi connectivity index (χ4v) is 0.403. The molecule has 1 aromatic rings. The summed E-state index contributed by atoms with van der Waals surface area (Å²) in [4.78, 5) is 35.9. The molecule has 0 fully saturated rings. The average Bonchev–Trinajstić information content (AvgIpc) is 1.59. The molecule has 10 heavy (non-hydrogen) atoms. The first-order valence-corrected chi connectivity index (χ1v) is 2.11. The summed E-state index contributed by atoms with van der Waals surface area (Å²) in [5.74, 6) is 0. The normalized spacial score (nSPS) is 8.40. The molecule has 0 amide bonds. The Hall–Kier alpha value is 0.0464. The zero-order valence-electron chi connectivity index (χ0n) is 5.22. The number of aromatic nitrogens is 3. The molecule has 0 atom stereocenters. The Morgan fingerprint density at radius 3 is 1.10 bits per heavy atom. The molecular weight excluding hydrogens is 165 g/mol. The largest absolute Gasteiger partial charge is 1.00 e. The van der Waals surface area contributed by atoms with Crippen LogP contribution in [0.2, 0.25) is 0 Å². The van der Waals surface area contributed by atoms with Crippen LogP contribution in [-0.4, -0.2) is 15.0 Å². The first-order chi connectivity index (χ1) is 4.18. The summed E-state index contributed by atoms with van der Waals surface area (Å²) in [5, 5.41) is 0. The summed E-state index contributed by atoms with van der Waals surface area (Å²) in [6, 6.07) is 0. The second-order valence-corrected chi connectivity index (χ2v) is 1.36. The summed E-state index contributed by atoms with van der Waals surface area (Å²) in [7, 11) is 0. The maximum atomic E-state index is 10.2. The van der Waals surface area contributed by atoms with Crippen molar-refractivity contribution in [3.63, 3.8) is 0 Å². The van der Waals surface area contributed by atoms with Crippen LogP contribution in [0.25, 0.3) is 0 Å². The van der Waals surface area contributed by atoms with E-state index in [4.69, 9.17) is 0 Å². The Morgan fingerprint density at radius 1 is 0.700 bits per heavy atom. The predicted octanol–water partition coefficient (Wildman–Crippen LogP) is -5.24. The third-order valence-corrected chi connectivity index (χ3v) is 0.681. The van der Waals surface area contributed by atoms with Crippen LogP contribution < -0.4 is 68.5 Å². The third-order valence-electron chi connectivity index (χ3n) is 0.681. The van der Waals surface area contributed by atoms with Gasteiger partial charge < -0.3 is 0 Å². The Morgan fingerprint density at radius 2 is 0.900 bits per heavy atom. The smallest absolute Gasteiger partial charge is 0.259 e. The first-order valence-electron chi connectivity index (χ1n) is 2.11. The number of nitrogens with one attached hydrogen (secondary N) is 3. The maximum absolute atomic E-state index is 10.2. The van der Waals surface area contributed by atoms with Crippen molar-refractivity contribution >= 4 is 0 Å². The van der Waals surface area contributed by atoms with Gasteiger partial charge in [0, 0.05) is 0 Å². The fraction of sp³-hybridized carbons (Fsp3) is 0. The van der Waals surface area contributed by atoms with Crippen LogP contribution in [0.3, 0.4) is 0 Å². The van der Waals surface area contributed by atoms with Crippen molar-refractivity contribution in [2.45, 2.75) is 0 Å². The Balaban J connectivity index is 0.000000810. The minimum atomic E-state index is -0.802. The molecule has 0 aliphatic carbocycles. The van der Waals surface area contributed by atoms with Gasteiger partial charge in [-0.05, 0) is 0 Å². The molecule has 0 saturated carbocycles. The molecule has 48 valence electrons. The molecule has 0 unspecified atom stereocenters. The van der Waals surface area contributed by atoms with Gasteiger partial charge in [-0.2, -0.15) is 0 Å². The molecule has 7 heteroatoms. The van der Waals surface area contributed by atoms with E-state index in [0.29, 0.717) is 0 Å². The molecule has 0 radical (unpaired) electrons. The fourth-order valence-electron chi connectivity index (χ4n) is 0.403. The van der Waals surface area contributed by atoms with Gasteiger partial charge in [0.25, 0.3) is 0 Å². The van der Waals surface area contributed by atoms with Crippen molar-refractivity contribution in [1.29, 1.82) is 0 Å². The van der Waals surface area contributed by atoms with Gasteiger partial charge in [0.05, 0.1) is 0 Å². The summed E-state index contributed by atoms with van der Waals surface area (Å²) in [6.07, 6.45) is 0. The Kier molecular flexibility index (Phi) is 4.05. The van der Waals surface area contributed by atoms with Crippen LogP contribution >= 0.6 is 0 Å². The van der Waals surface area contributed by atoms with Crippen molar-refractivity contribution in [3.8, 4) is 0 Å². The van der Waals surface area contributed by atoms with Crippen molar-refractivity contribution in [2.75, 3.05) is 0 Å². The van der Waals surface area contributed by atoms with Gasteiger partial charge in [0.1, 0.15) is 0 Å². The van der Waals surface area contributed by atoms with Crippen LogP contribution in [0.5, 0.6) is 0 Å². The summed E-state index contributed by atoms with van der Waals surface area (Å²) in [5.41, 5.74) is -2.41. The van der Waals surface area contributed by atoms with Crippen molar-refractivity contribution < 1.29 is 51.4 Å². The van der Waals surface area contributed by atoms with E-state index in [0.717, 1.165) is 0 Å². The summed E-state index contributed by atoms with van der Waals surface area (Å²) < 4.78 is 0. The van der Waals surface area contributed by atoms with Gasteiger partial charge >= 0.3 is 68.5 Å². The zero-order chi connectivity index (χ0) is 6.85. The zero-order valence-corrected chi connectivity index (χ0v) is 8.35. The van der Waals surface area contributed by atoms with Gasteiger partial charge in [-0.15, -0.1) is 0 Å². The van der Waals surface area contributed by atoms with E-state index in [1.54, 1.807) is 15.0 Å². The first kappa shape index (κ1) is 10.0.